The van der Waals surface area contributed by atoms with Gasteiger partial charge in [-0.25, -0.2) is 0 Å². The molecule has 3 rings (SSSR count). The van der Waals surface area contributed by atoms with Crippen molar-refractivity contribution in [1.29, 1.82) is 0 Å². The average molecular weight is 261 g/mol. The summed E-state index contributed by atoms with van der Waals surface area (Å²) in [5.74, 6) is 0. The number of piperidine rings is 1. The minimum Gasteiger partial charge on any atom is -0.387 e. The summed E-state index contributed by atoms with van der Waals surface area (Å²) in [6.07, 6.45) is 3.30. The van der Waals surface area contributed by atoms with E-state index in [0.717, 1.165) is 38.1 Å². The first-order valence-electron chi connectivity index (χ1n) is 7.41. The number of fused-ring (bicyclic) bond motifs is 1. The number of aliphatic hydroxyl groups excluding tert-OH is 1. The first-order valence-corrected chi connectivity index (χ1v) is 7.41. The fraction of sp³-hybridized carbons (Fsp3) is 0.625. The molecule has 1 fully saturated rings. The SMILES string of the molecule is CCOC1CCCN(C2Cc3ccccc3C2O)C1. The average Bonchev–Trinajstić information content (AvgIpc) is 2.78. The van der Waals surface area contributed by atoms with E-state index in [0.29, 0.717) is 6.10 Å². The Morgan fingerprint density at radius 3 is 3.00 bits per heavy atom. The van der Waals surface area contributed by atoms with Crippen molar-refractivity contribution in [2.75, 3.05) is 19.7 Å². The predicted molar refractivity (Wildman–Crippen MR) is 75.1 cm³/mol. The highest BCUT2D eigenvalue weighted by Crippen LogP contribution is 2.35. The highest BCUT2D eigenvalue weighted by Gasteiger charge is 2.36. The van der Waals surface area contributed by atoms with Crippen LogP contribution >= 0.6 is 0 Å². The van der Waals surface area contributed by atoms with Gasteiger partial charge in [-0.2, -0.15) is 0 Å². The van der Waals surface area contributed by atoms with Crippen molar-refractivity contribution in [3.63, 3.8) is 0 Å². The second-order valence-electron chi connectivity index (χ2n) is 5.63. The van der Waals surface area contributed by atoms with E-state index in [1.807, 2.05) is 6.07 Å². The van der Waals surface area contributed by atoms with Crippen LogP contribution in [0.15, 0.2) is 24.3 Å². The lowest BCUT2D eigenvalue weighted by atomic mass is 10.0. The van der Waals surface area contributed by atoms with Gasteiger partial charge in [-0.1, -0.05) is 24.3 Å². The molecule has 0 radical (unpaired) electrons. The molecule has 2 aliphatic rings. The zero-order chi connectivity index (χ0) is 13.2. The Kier molecular flexibility index (Phi) is 3.87. The quantitative estimate of drug-likeness (QED) is 0.905. The minimum absolute atomic E-state index is 0.237. The van der Waals surface area contributed by atoms with Crippen molar-refractivity contribution in [2.45, 2.75) is 44.4 Å². The Hall–Kier alpha value is -0.900. The van der Waals surface area contributed by atoms with Crippen molar-refractivity contribution in [1.82, 2.24) is 4.90 Å². The van der Waals surface area contributed by atoms with Gasteiger partial charge in [0.25, 0.3) is 0 Å². The Bertz CT molecular complexity index is 433. The highest BCUT2D eigenvalue weighted by atomic mass is 16.5. The molecule has 0 amide bonds. The van der Waals surface area contributed by atoms with Crippen molar-refractivity contribution in [3.05, 3.63) is 35.4 Å². The van der Waals surface area contributed by atoms with Crippen molar-refractivity contribution in [2.24, 2.45) is 0 Å². The highest BCUT2D eigenvalue weighted by molar-refractivity contribution is 5.35. The number of nitrogens with zero attached hydrogens (tertiary/aromatic N) is 1. The molecule has 3 unspecified atom stereocenters. The standard InChI is InChI=1S/C16H23NO2/c1-2-19-13-7-5-9-17(11-13)15-10-12-6-3-4-8-14(12)16(15)18/h3-4,6,8,13,15-16,18H,2,5,7,9-11H2,1H3. The van der Waals surface area contributed by atoms with E-state index in [1.54, 1.807) is 0 Å². The normalized spacial score (nSPS) is 31.4. The minimum atomic E-state index is -0.337. The summed E-state index contributed by atoms with van der Waals surface area (Å²) in [5, 5.41) is 10.5. The van der Waals surface area contributed by atoms with Crippen LogP contribution in [0.2, 0.25) is 0 Å². The Morgan fingerprint density at radius 2 is 2.21 bits per heavy atom. The number of aliphatic hydroxyl groups is 1. The molecule has 3 atom stereocenters. The lowest BCUT2D eigenvalue weighted by Gasteiger charge is -2.37. The maximum atomic E-state index is 10.5. The molecule has 1 aromatic rings. The molecule has 3 heteroatoms. The van der Waals surface area contributed by atoms with Gasteiger partial charge < -0.3 is 9.84 Å². The lowest BCUT2D eigenvalue weighted by molar-refractivity contribution is -0.0287. The summed E-state index contributed by atoms with van der Waals surface area (Å²) in [5.41, 5.74) is 2.42. The van der Waals surface area contributed by atoms with E-state index < -0.39 is 0 Å². The molecule has 0 aromatic heterocycles. The largest absolute Gasteiger partial charge is 0.387 e. The molecule has 1 aromatic carbocycles. The molecule has 0 bridgehead atoms. The van der Waals surface area contributed by atoms with E-state index in [4.69, 9.17) is 4.74 Å². The monoisotopic (exact) mass is 261 g/mol. The molecule has 3 nitrogen and oxygen atoms in total. The van der Waals surface area contributed by atoms with Gasteiger partial charge in [0.1, 0.15) is 0 Å². The summed E-state index contributed by atoms with van der Waals surface area (Å²) < 4.78 is 5.76. The summed E-state index contributed by atoms with van der Waals surface area (Å²) in [7, 11) is 0. The van der Waals surface area contributed by atoms with Gasteiger partial charge in [-0.05, 0) is 43.9 Å². The molecule has 1 saturated heterocycles. The van der Waals surface area contributed by atoms with Crippen LogP contribution < -0.4 is 0 Å². The van der Waals surface area contributed by atoms with Gasteiger partial charge in [0.2, 0.25) is 0 Å². The smallest absolute Gasteiger partial charge is 0.0951 e. The van der Waals surface area contributed by atoms with Gasteiger partial charge in [-0.15, -0.1) is 0 Å². The number of hydrogen-bond donors (Lipinski definition) is 1. The fourth-order valence-corrected chi connectivity index (χ4v) is 3.52. The molecular formula is C16H23NO2. The number of likely N-dealkylation sites (tertiary alicyclic amines) is 1. The first kappa shape index (κ1) is 13.1. The van der Waals surface area contributed by atoms with Gasteiger partial charge >= 0.3 is 0 Å². The molecule has 1 aliphatic heterocycles. The number of benzene rings is 1. The third-order valence-electron chi connectivity index (χ3n) is 4.45. The van der Waals surface area contributed by atoms with Crippen LogP contribution in [0.4, 0.5) is 0 Å². The fourth-order valence-electron chi connectivity index (χ4n) is 3.52. The van der Waals surface area contributed by atoms with Crippen molar-refractivity contribution < 1.29 is 9.84 Å². The zero-order valence-electron chi connectivity index (χ0n) is 11.6. The molecule has 19 heavy (non-hydrogen) atoms. The van der Waals surface area contributed by atoms with Crippen LogP contribution in [-0.2, 0) is 11.2 Å². The molecule has 1 N–H and O–H groups in total. The van der Waals surface area contributed by atoms with Crippen LogP contribution in [0.1, 0.15) is 37.0 Å². The maximum absolute atomic E-state index is 10.5. The second kappa shape index (κ2) is 5.61. The van der Waals surface area contributed by atoms with E-state index >= 15 is 0 Å². The van der Waals surface area contributed by atoms with Crippen molar-refractivity contribution >= 4 is 0 Å². The van der Waals surface area contributed by atoms with Crippen LogP contribution in [-0.4, -0.2) is 41.8 Å². The zero-order valence-corrected chi connectivity index (χ0v) is 11.6. The van der Waals surface area contributed by atoms with E-state index in [2.05, 4.69) is 30.0 Å². The Balaban J connectivity index is 1.71. The molecular weight excluding hydrogens is 238 g/mol. The Labute approximate surface area is 115 Å². The summed E-state index contributed by atoms with van der Waals surface area (Å²) in [6, 6.07) is 8.52. The van der Waals surface area contributed by atoms with Gasteiger partial charge in [0, 0.05) is 19.2 Å². The van der Waals surface area contributed by atoms with Crippen LogP contribution in [0.5, 0.6) is 0 Å². The van der Waals surface area contributed by atoms with Gasteiger partial charge in [0.05, 0.1) is 12.2 Å². The summed E-state index contributed by atoms with van der Waals surface area (Å²) in [6.45, 7) is 4.88. The molecule has 0 spiro atoms. The van der Waals surface area contributed by atoms with E-state index in [9.17, 15) is 5.11 Å². The number of rotatable bonds is 3. The van der Waals surface area contributed by atoms with E-state index in [-0.39, 0.29) is 12.1 Å². The lowest BCUT2D eigenvalue weighted by Crippen LogP contribution is -2.47. The molecule has 0 saturated carbocycles. The predicted octanol–water partition coefficient (Wildman–Crippen LogP) is 2.15. The van der Waals surface area contributed by atoms with Crippen molar-refractivity contribution in [3.8, 4) is 0 Å². The van der Waals surface area contributed by atoms with E-state index in [1.165, 1.54) is 12.0 Å². The molecule has 1 heterocycles. The second-order valence-corrected chi connectivity index (χ2v) is 5.63. The molecule has 1 aliphatic carbocycles. The number of hydrogen-bond acceptors (Lipinski definition) is 3. The summed E-state index contributed by atoms with van der Waals surface area (Å²) >= 11 is 0. The third kappa shape index (κ3) is 2.55. The maximum Gasteiger partial charge on any atom is 0.0951 e. The van der Waals surface area contributed by atoms with Crippen LogP contribution in [0, 0.1) is 0 Å². The topological polar surface area (TPSA) is 32.7 Å². The first-order chi connectivity index (χ1) is 9.29. The molecule has 104 valence electrons. The van der Waals surface area contributed by atoms with Gasteiger partial charge in [-0.3, -0.25) is 4.90 Å². The third-order valence-corrected chi connectivity index (χ3v) is 4.45. The number of ether oxygens (including phenoxy) is 1. The van der Waals surface area contributed by atoms with Gasteiger partial charge in [0.15, 0.2) is 0 Å². The Morgan fingerprint density at radius 1 is 1.37 bits per heavy atom. The summed E-state index contributed by atoms with van der Waals surface area (Å²) in [4.78, 5) is 2.43. The van der Waals surface area contributed by atoms with Crippen LogP contribution in [0.3, 0.4) is 0 Å². The van der Waals surface area contributed by atoms with Crippen LogP contribution in [0.25, 0.3) is 0 Å².